The van der Waals surface area contributed by atoms with Gasteiger partial charge in [0.1, 0.15) is 0 Å². The molecule has 1 aromatic carbocycles. The summed E-state index contributed by atoms with van der Waals surface area (Å²) in [6, 6.07) is 5.70. The van der Waals surface area contributed by atoms with Crippen LogP contribution in [0.3, 0.4) is 0 Å². The maximum atomic E-state index is 12.4. The van der Waals surface area contributed by atoms with E-state index in [2.05, 4.69) is 0 Å². The number of aromatic nitrogens is 1. The number of nitrogens with zero attached hydrogens (tertiary/aromatic N) is 1. The van der Waals surface area contributed by atoms with Gasteiger partial charge in [0.25, 0.3) is 0 Å². The predicted octanol–water partition coefficient (Wildman–Crippen LogP) is 2.15. The van der Waals surface area contributed by atoms with Gasteiger partial charge in [-0.1, -0.05) is 12.1 Å². The highest BCUT2D eigenvalue weighted by Crippen LogP contribution is 2.37. The van der Waals surface area contributed by atoms with Gasteiger partial charge in [-0.25, -0.2) is 4.79 Å². The fourth-order valence-corrected chi connectivity index (χ4v) is 3.25. The topological polar surface area (TPSA) is 69.9 Å². The molecule has 0 atom stereocenters. The molecule has 0 unspecified atom stereocenters. The lowest BCUT2D eigenvalue weighted by atomic mass is 9.78. The van der Waals surface area contributed by atoms with Crippen LogP contribution in [0.25, 0.3) is 10.9 Å². The highest BCUT2D eigenvalue weighted by molar-refractivity contribution is 6.62. The number of ether oxygens (including phenoxy) is 1. The number of aliphatic hydroxyl groups excluding tert-OH is 1. The zero-order valence-corrected chi connectivity index (χ0v) is 16.3. The number of carbonyl (C=O) groups excluding carboxylic acids is 1. The summed E-state index contributed by atoms with van der Waals surface area (Å²) in [6.45, 7) is 9.84. The third-order valence-electron chi connectivity index (χ3n) is 5.50. The zero-order chi connectivity index (χ0) is 19.3. The van der Waals surface area contributed by atoms with Crippen molar-refractivity contribution in [1.82, 2.24) is 4.57 Å². The molecule has 0 amide bonds. The van der Waals surface area contributed by atoms with Crippen molar-refractivity contribution in [3.63, 3.8) is 0 Å². The lowest BCUT2D eigenvalue weighted by Crippen LogP contribution is -2.41. The summed E-state index contributed by atoms with van der Waals surface area (Å²) in [5, 5.41) is 10.5. The number of aliphatic hydroxyl groups is 1. The van der Waals surface area contributed by atoms with Crippen molar-refractivity contribution in [3.05, 3.63) is 29.5 Å². The van der Waals surface area contributed by atoms with Crippen molar-refractivity contribution in [2.75, 3.05) is 6.61 Å². The van der Waals surface area contributed by atoms with Crippen LogP contribution in [0.2, 0.25) is 0 Å². The predicted molar refractivity (Wildman–Crippen MR) is 101 cm³/mol. The third-order valence-corrected chi connectivity index (χ3v) is 5.50. The van der Waals surface area contributed by atoms with Crippen molar-refractivity contribution in [2.24, 2.45) is 7.05 Å². The zero-order valence-electron chi connectivity index (χ0n) is 16.3. The first-order valence-corrected chi connectivity index (χ1v) is 8.87. The Bertz CT molecular complexity index is 839. The maximum Gasteiger partial charge on any atom is 0.494 e. The number of carbonyl (C=O) groups is 1. The molecule has 1 fully saturated rings. The van der Waals surface area contributed by atoms with Crippen LogP contribution >= 0.6 is 0 Å². The lowest BCUT2D eigenvalue weighted by Gasteiger charge is -2.32. The van der Waals surface area contributed by atoms with E-state index in [-0.39, 0.29) is 13.2 Å². The van der Waals surface area contributed by atoms with Gasteiger partial charge in [-0.05, 0) is 46.1 Å². The van der Waals surface area contributed by atoms with Gasteiger partial charge in [0.15, 0.2) is 0 Å². The summed E-state index contributed by atoms with van der Waals surface area (Å²) in [7, 11) is 1.34. The van der Waals surface area contributed by atoms with Gasteiger partial charge in [-0.2, -0.15) is 0 Å². The van der Waals surface area contributed by atoms with Crippen LogP contribution in [-0.4, -0.2) is 40.6 Å². The van der Waals surface area contributed by atoms with E-state index in [1.807, 2.05) is 57.5 Å². The molecule has 1 saturated heterocycles. The molecular weight excluding hydrogens is 333 g/mol. The van der Waals surface area contributed by atoms with E-state index in [0.29, 0.717) is 11.3 Å². The van der Waals surface area contributed by atoms with Crippen LogP contribution in [0.4, 0.5) is 0 Å². The molecule has 0 aliphatic carbocycles. The second kappa shape index (κ2) is 6.41. The Morgan fingerprint density at radius 3 is 2.38 bits per heavy atom. The SMILES string of the molecule is CCOC(=O)c1c(CO)n(C)c2cc(B3OC(C)(C)C(C)(C)O3)ccc12. The van der Waals surface area contributed by atoms with E-state index < -0.39 is 24.3 Å². The van der Waals surface area contributed by atoms with Gasteiger partial charge in [-0.15, -0.1) is 0 Å². The van der Waals surface area contributed by atoms with Crippen molar-refractivity contribution in [1.29, 1.82) is 0 Å². The molecule has 6 nitrogen and oxygen atoms in total. The Balaban J connectivity index is 2.08. The Labute approximate surface area is 154 Å². The number of hydrogen-bond acceptors (Lipinski definition) is 5. The van der Waals surface area contributed by atoms with Gasteiger partial charge in [0, 0.05) is 18.0 Å². The Kier molecular flexibility index (Phi) is 4.67. The van der Waals surface area contributed by atoms with Gasteiger partial charge in [0.05, 0.1) is 35.7 Å². The molecule has 1 N–H and O–H groups in total. The van der Waals surface area contributed by atoms with E-state index in [1.54, 1.807) is 6.92 Å². The minimum Gasteiger partial charge on any atom is -0.462 e. The monoisotopic (exact) mass is 359 g/mol. The summed E-state index contributed by atoms with van der Waals surface area (Å²) < 4.78 is 19.2. The van der Waals surface area contributed by atoms with Gasteiger partial charge >= 0.3 is 13.1 Å². The molecule has 3 rings (SSSR count). The highest BCUT2D eigenvalue weighted by Gasteiger charge is 2.51. The van der Waals surface area contributed by atoms with Crippen LogP contribution < -0.4 is 5.46 Å². The smallest absolute Gasteiger partial charge is 0.462 e. The maximum absolute atomic E-state index is 12.4. The van der Waals surface area contributed by atoms with Crippen molar-refractivity contribution >= 4 is 29.5 Å². The first-order chi connectivity index (χ1) is 12.1. The van der Waals surface area contributed by atoms with E-state index in [0.717, 1.165) is 16.4 Å². The number of hydrogen-bond donors (Lipinski definition) is 1. The molecule has 1 aromatic heterocycles. The largest absolute Gasteiger partial charge is 0.494 e. The average Bonchev–Trinajstić information content (AvgIpc) is 2.97. The molecule has 2 aromatic rings. The standard InChI is InChI=1S/C19H26BNO5/c1-7-24-17(23)16-13-9-8-12(10-14(13)21(6)15(16)11-22)20-25-18(2,3)19(4,5)26-20/h8-10,22H,7,11H2,1-6H3. The fourth-order valence-electron chi connectivity index (χ4n) is 3.25. The molecule has 1 aliphatic rings. The highest BCUT2D eigenvalue weighted by atomic mass is 16.7. The molecule has 26 heavy (non-hydrogen) atoms. The fraction of sp³-hybridized carbons (Fsp3) is 0.526. The van der Waals surface area contributed by atoms with Crippen molar-refractivity contribution in [2.45, 2.75) is 52.4 Å². The van der Waals surface area contributed by atoms with E-state index in [1.165, 1.54) is 0 Å². The lowest BCUT2D eigenvalue weighted by molar-refractivity contribution is 0.00578. The summed E-state index contributed by atoms with van der Waals surface area (Å²) in [4.78, 5) is 12.4. The molecule has 1 aliphatic heterocycles. The van der Waals surface area contributed by atoms with Crippen LogP contribution in [0, 0.1) is 0 Å². The van der Waals surface area contributed by atoms with E-state index in [4.69, 9.17) is 14.0 Å². The molecule has 140 valence electrons. The molecule has 2 heterocycles. The average molecular weight is 359 g/mol. The van der Waals surface area contributed by atoms with Gasteiger partial charge in [-0.3, -0.25) is 0 Å². The summed E-state index contributed by atoms with van der Waals surface area (Å²) >= 11 is 0. The Morgan fingerprint density at radius 1 is 1.23 bits per heavy atom. The Morgan fingerprint density at radius 2 is 1.85 bits per heavy atom. The van der Waals surface area contributed by atoms with Crippen molar-refractivity contribution < 1.29 is 23.9 Å². The van der Waals surface area contributed by atoms with E-state index >= 15 is 0 Å². The number of benzene rings is 1. The second-order valence-corrected chi connectivity index (χ2v) is 7.62. The molecule has 7 heteroatoms. The number of aryl methyl sites for hydroxylation is 1. The minimum atomic E-state index is -0.483. The van der Waals surface area contributed by atoms with Gasteiger partial charge in [0.2, 0.25) is 0 Å². The second-order valence-electron chi connectivity index (χ2n) is 7.62. The van der Waals surface area contributed by atoms with Gasteiger partial charge < -0.3 is 23.7 Å². The number of rotatable bonds is 4. The normalized spacial score (nSPS) is 18.5. The van der Waals surface area contributed by atoms with Crippen molar-refractivity contribution in [3.8, 4) is 0 Å². The first-order valence-electron chi connectivity index (χ1n) is 8.87. The summed E-state index contributed by atoms with van der Waals surface area (Å²) in [6.07, 6.45) is 0. The number of fused-ring (bicyclic) bond motifs is 1. The first kappa shape index (κ1) is 19.0. The molecular formula is C19H26BNO5. The number of esters is 1. The minimum absolute atomic E-state index is 0.245. The van der Waals surface area contributed by atoms with Crippen LogP contribution in [0.1, 0.15) is 50.7 Å². The molecule has 0 bridgehead atoms. The van der Waals surface area contributed by atoms with E-state index in [9.17, 15) is 9.90 Å². The molecule has 0 radical (unpaired) electrons. The third kappa shape index (κ3) is 2.84. The van der Waals surface area contributed by atoms with Crippen LogP contribution in [-0.2, 0) is 27.7 Å². The van der Waals surface area contributed by atoms with Crippen LogP contribution in [0.15, 0.2) is 18.2 Å². The van der Waals surface area contributed by atoms with Crippen LogP contribution in [0.5, 0.6) is 0 Å². The quantitative estimate of drug-likeness (QED) is 0.669. The molecule has 0 saturated carbocycles. The Hall–Kier alpha value is -1.83. The molecule has 0 spiro atoms. The summed E-state index contributed by atoms with van der Waals surface area (Å²) in [5.74, 6) is -0.425. The summed E-state index contributed by atoms with van der Waals surface area (Å²) in [5.41, 5.74) is 1.79.